The number of carbonyl (C=O) groups excluding carboxylic acids is 1. The fourth-order valence-electron chi connectivity index (χ4n) is 1.68. The summed E-state index contributed by atoms with van der Waals surface area (Å²) in [5, 5.41) is 0. The minimum Gasteiger partial charge on any atom is -0.468 e. The molecule has 0 bridgehead atoms. The number of esters is 1. The van der Waals surface area contributed by atoms with E-state index in [-0.39, 0.29) is 12.0 Å². The van der Waals surface area contributed by atoms with Crippen LogP contribution in [-0.4, -0.2) is 35.5 Å². The van der Waals surface area contributed by atoms with Crippen molar-refractivity contribution in [2.45, 2.75) is 25.9 Å². The van der Waals surface area contributed by atoms with Crippen LogP contribution in [0.3, 0.4) is 0 Å². The number of nitrogens with zero attached hydrogens (tertiary/aromatic N) is 2. The fraction of sp³-hybridized carbons (Fsp3) is 0.600. The van der Waals surface area contributed by atoms with Gasteiger partial charge >= 0.3 is 5.97 Å². The van der Waals surface area contributed by atoms with Crippen LogP contribution in [0.15, 0.2) is 10.6 Å². The molecule has 1 atom stereocenters. The number of hydrogen-bond donors (Lipinski definition) is 0. The van der Waals surface area contributed by atoms with Gasteiger partial charge in [0.2, 0.25) is 5.89 Å². The van der Waals surface area contributed by atoms with E-state index in [0.29, 0.717) is 12.4 Å². The van der Waals surface area contributed by atoms with Gasteiger partial charge in [-0.05, 0) is 13.3 Å². The van der Waals surface area contributed by atoms with E-state index in [9.17, 15) is 4.79 Å². The molecule has 1 aromatic rings. The van der Waals surface area contributed by atoms with Crippen molar-refractivity contribution in [1.82, 2.24) is 9.88 Å². The van der Waals surface area contributed by atoms with Crippen molar-refractivity contribution in [3.63, 3.8) is 0 Å². The van der Waals surface area contributed by atoms with Gasteiger partial charge in [-0.25, -0.2) is 4.98 Å². The zero-order valence-corrected chi connectivity index (χ0v) is 8.90. The third kappa shape index (κ3) is 2.02. The first-order chi connectivity index (χ1) is 7.20. The van der Waals surface area contributed by atoms with Gasteiger partial charge in [0, 0.05) is 6.54 Å². The zero-order chi connectivity index (χ0) is 10.8. The Bertz CT molecular complexity index is 361. The second kappa shape index (κ2) is 4.02. The topological polar surface area (TPSA) is 55.6 Å². The van der Waals surface area contributed by atoms with Gasteiger partial charge in [-0.2, -0.15) is 0 Å². The van der Waals surface area contributed by atoms with Gasteiger partial charge in [-0.3, -0.25) is 9.69 Å². The van der Waals surface area contributed by atoms with E-state index in [1.165, 1.54) is 7.11 Å². The largest absolute Gasteiger partial charge is 0.468 e. The Morgan fingerprint density at radius 3 is 3.07 bits per heavy atom. The summed E-state index contributed by atoms with van der Waals surface area (Å²) in [6.07, 6.45) is 2.54. The molecule has 0 amide bonds. The highest BCUT2D eigenvalue weighted by molar-refractivity contribution is 5.76. The maximum absolute atomic E-state index is 11.3. The molecule has 2 heterocycles. The molecular weight excluding hydrogens is 196 g/mol. The molecule has 1 unspecified atom stereocenters. The molecule has 1 aliphatic rings. The Kier molecular flexibility index (Phi) is 2.73. The van der Waals surface area contributed by atoms with Crippen LogP contribution in [0.1, 0.15) is 18.1 Å². The zero-order valence-electron chi connectivity index (χ0n) is 8.90. The summed E-state index contributed by atoms with van der Waals surface area (Å²) < 4.78 is 10.0. The quantitative estimate of drug-likeness (QED) is 0.688. The number of aromatic nitrogens is 1. The highest BCUT2D eigenvalue weighted by Crippen LogP contribution is 2.21. The molecule has 1 fully saturated rings. The van der Waals surface area contributed by atoms with Crippen molar-refractivity contribution < 1.29 is 13.9 Å². The van der Waals surface area contributed by atoms with Crippen molar-refractivity contribution in [3.05, 3.63) is 17.8 Å². The molecule has 5 nitrogen and oxygen atoms in total. The van der Waals surface area contributed by atoms with E-state index in [2.05, 4.69) is 4.98 Å². The first kappa shape index (κ1) is 10.2. The van der Waals surface area contributed by atoms with Crippen molar-refractivity contribution >= 4 is 5.97 Å². The summed E-state index contributed by atoms with van der Waals surface area (Å²) in [7, 11) is 1.41. The van der Waals surface area contributed by atoms with Crippen molar-refractivity contribution in [1.29, 1.82) is 0 Å². The lowest BCUT2D eigenvalue weighted by atomic mass is 10.0. The molecule has 0 N–H and O–H groups in total. The second-order valence-corrected chi connectivity index (χ2v) is 3.66. The van der Waals surface area contributed by atoms with Gasteiger partial charge in [0.25, 0.3) is 0 Å². The molecule has 0 spiro atoms. The monoisotopic (exact) mass is 210 g/mol. The maximum atomic E-state index is 11.3. The summed E-state index contributed by atoms with van der Waals surface area (Å²) in [5.41, 5.74) is 0. The average molecular weight is 210 g/mol. The normalized spacial score (nSPS) is 21.1. The molecule has 1 aromatic heterocycles. The third-order valence-corrected chi connectivity index (χ3v) is 2.61. The van der Waals surface area contributed by atoms with Gasteiger partial charge in [-0.15, -0.1) is 0 Å². The number of hydrogen-bond acceptors (Lipinski definition) is 5. The summed E-state index contributed by atoms with van der Waals surface area (Å²) in [4.78, 5) is 17.4. The summed E-state index contributed by atoms with van der Waals surface area (Å²) in [6, 6.07) is -0.123. The molecule has 0 aliphatic carbocycles. The van der Waals surface area contributed by atoms with Crippen LogP contribution in [0.5, 0.6) is 0 Å². The van der Waals surface area contributed by atoms with Gasteiger partial charge in [0.15, 0.2) is 0 Å². The highest BCUT2D eigenvalue weighted by Gasteiger charge is 2.35. The van der Waals surface area contributed by atoms with Crippen LogP contribution in [-0.2, 0) is 16.1 Å². The first-order valence-electron chi connectivity index (χ1n) is 4.94. The molecule has 0 radical (unpaired) electrons. The molecule has 82 valence electrons. The predicted octanol–water partition coefficient (Wildman–Crippen LogP) is 0.730. The summed E-state index contributed by atoms with van der Waals surface area (Å²) in [6.45, 7) is 3.32. The van der Waals surface area contributed by atoms with E-state index >= 15 is 0 Å². The minimum atomic E-state index is -0.176. The van der Waals surface area contributed by atoms with E-state index in [1.807, 2.05) is 11.8 Å². The molecule has 2 rings (SSSR count). The number of aryl methyl sites for hydroxylation is 1. The lowest BCUT2D eigenvalue weighted by molar-refractivity contribution is -0.152. The Hall–Kier alpha value is -1.36. The second-order valence-electron chi connectivity index (χ2n) is 3.66. The van der Waals surface area contributed by atoms with Gasteiger partial charge in [0.1, 0.15) is 11.8 Å². The standard InChI is InChI=1S/C10H14N2O3/c1-7-5-11-9(15-7)6-12-4-3-8(12)10(13)14-2/h5,8H,3-4,6H2,1-2H3. The number of oxazole rings is 1. The van der Waals surface area contributed by atoms with Crippen LogP contribution in [0.2, 0.25) is 0 Å². The SMILES string of the molecule is COC(=O)C1CCN1Cc1ncc(C)o1. The number of methoxy groups -OCH3 is 1. The Morgan fingerprint density at radius 2 is 2.60 bits per heavy atom. The number of ether oxygens (including phenoxy) is 1. The Balaban J connectivity index is 1.93. The summed E-state index contributed by atoms with van der Waals surface area (Å²) in [5.74, 6) is 1.27. The first-order valence-corrected chi connectivity index (χ1v) is 4.94. The van der Waals surface area contributed by atoms with Gasteiger partial charge in [-0.1, -0.05) is 0 Å². The van der Waals surface area contributed by atoms with Gasteiger partial charge in [0.05, 0.1) is 19.9 Å². The molecule has 1 saturated heterocycles. The molecule has 0 aromatic carbocycles. The van der Waals surface area contributed by atoms with Crippen LogP contribution in [0.4, 0.5) is 0 Å². The Labute approximate surface area is 88.0 Å². The van der Waals surface area contributed by atoms with E-state index in [0.717, 1.165) is 18.7 Å². The van der Waals surface area contributed by atoms with Crippen molar-refractivity contribution in [2.24, 2.45) is 0 Å². The maximum Gasteiger partial charge on any atom is 0.323 e. The predicted molar refractivity (Wildman–Crippen MR) is 52.1 cm³/mol. The van der Waals surface area contributed by atoms with Crippen LogP contribution in [0, 0.1) is 6.92 Å². The van der Waals surface area contributed by atoms with Gasteiger partial charge < -0.3 is 9.15 Å². The van der Waals surface area contributed by atoms with Crippen molar-refractivity contribution in [3.8, 4) is 0 Å². The van der Waals surface area contributed by atoms with Crippen LogP contribution < -0.4 is 0 Å². The number of rotatable bonds is 3. The lowest BCUT2D eigenvalue weighted by Gasteiger charge is -2.37. The molecule has 0 saturated carbocycles. The minimum absolute atomic E-state index is 0.123. The van der Waals surface area contributed by atoms with Crippen LogP contribution >= 0.6 is 0 Å². The van der Waals surface area contributed by atoms with E-state index in [1.54, 1.807) is 6.20 Å². The summed E-state index contributed by atoms with van der Waals surface area (Å²) >= 11 is 0. The molecule has 15 heavy (non-hydrogen) atoms. The highest BCUT2D eigenvalue weighted by atomic mass is 16.5. The average Bonchev–Trinajstić information content (AvgIpc) is 2.58. The van der Waals surface area contributed by atoms with Crippen molar-refractivity contribution in [2.75, 3.05) is 13.7 Å². The third-order valence-electron chi connectivity index (χ3n) is 2.61. The fourth-order valence-corrected chi connectivity index (χ4v) is 1.68. The van der Waals surface area contributed by atoms with E-state index < -0.39 is 0 Å². The molecule has 5 heteroatoms. The molecule has 1 aliphatic heterocycles. The Morgan fingerprint density at radius 1 is 1.80 bits per heavy atom. The lowest BCUT2D eigenvalue weighted by Crippen LogP contribution is -2.52. The number of carbonyl (C=O) groups is 1. The molecular formula is C10H14N2O3. The van der Waals surface area contributed by atoms with E-state index in [4.69, 9.17) is 9.15 Å². The van der Waals surface area contributed by atoms with Crippen LogP contribution in [0.25, 0.3) is 0 Å². The number of likely N-dealkylation sites (tertiary alicyclic amines) is 1. The smallest absolute Gasteiger partial charge is 0.323 e.